The minimum absolute atomic E-state index is 0.306. The van der Waals surface area contributed by atoms with Crippen LogP contribution in [0.2, 0.25) is 0 Å². The molecule has 2 rings (SSSR count). The first kappa shape index (κ1) is 14.3. The van der Waals surface area contributed by atoms with Crippen LogP contribution in [0, 0.1) is 0 Å². The molecule has 18 heavy (non-hydrogen) atoms. The Hall–Kier alpha value is -0.120. The maximum atomic E-state index is 5.22. The molecule has 1 spiro atoms. The lowest BCUT2D eigenvalue weighted by Crippen LogP contribution is -2.68. The Morgan fingerprint density at radius 1 is 1.28 bits per heavy atom. The summed E-state index contributed by atoms with van der Waals surface area (Å²) in [4.78, 5) is 2.78. The molecule has 1 heterocycles. The number of ether oxygens (including phenoxy) is 1. The van der Waals surface area contributed by atoms with Crippen molar-refractivity contribution in [3.8, 4) is 0 Å². The Labute approximate surface area is 112 Å². The van der Waals surface area contributed by atoms with E-state index < -0.39 is 0 Å². The van der Waals surface area contributed by atoms with Crippen molar-refractivity contribution in [1.29, 1.82) is 0 Å². The van der Waals surface area contributed by atoms with E-state index in [1.54, 1.807) is 7.11 Å². The number of nitrogens with one attached hydrogen (secondary N) is 1. The summed E-state index contributed by atoms with van der Waals surface area (Å²) in [6.45, 7) is 9.15. The predicted molar refractivity (Wildman–Crippen MR) is 76.0 cm³/mol. The zero-order chi connectivity index (χ0) is 13.1. The van der Waals surface area contributed by atoms with Crippen molar-refractivity contribution in [2.75, 3.05) is 33.4 Å². The van der Waals surface area contributed by atoms with E-state index in [2.05, 4.69) is 24.1 Å². The molecule has 3 heteroatoms. The van der Waals surface area contributed by atoms with Gasteiger partial charge in [-0.3, -0.25) is 4.90 Å². The van der Waals surface area contributed by atoms with Gasteiger partial charge >= 0.3 is 0 Å². The van der Waals surface area contributed by atoms with Crippen molar-refractivity contribution in [1.82, 2.24) is 10.2 Å². The van der Waals surface area contributed by atoms with E-state index in [0.29, 0.717) is 11.1 Å². The second kappa shape index (κ2) is 5.89. The highest BCUT2D eigenvalue weighted by molar-refractivity contribution is 5.05. The fraction of sp³-hybridized carbons (Fsp3) is 1.00. The lowest BCUT2D eigenvalue weighted by molar-refractivity contribution is 0.00663. The minimum atomic E-state index is 0.306. The van der Waals surface area contributed by atoms with Crippen LogP contribution in [0.4, 0.5) is 0 Å². The van der Waals surface area contributed by atoms with Crippen LogP contribution >= 0.6 is 0 Å². The van der Waals surface area contributed by atoms with Gasteiger partial charge in [0.05, 0.1) is 0 Å². The topological polar surface area (TPSA) is 24.5 Å². The van der Waals surface area contributed by atoms with E-state index in [0.717, 1.165) is 13.0 Å². The number of rotatable bonds is 5. The molecule has 0 bridgehead atoms. The Bertz CT molecular complexity index is 263. The van der Waals surface area contributed by atoms with Crippen molar-refractivity contribution in [2.45, 2.75) is 63.5 Å². The van der Waals surface area contributed by atoms with Crippen LogP contribution in [-0.4, -0.2) is 49.3 Å². The van der Waals surface area contributed by atoms with Crippen LogP contribution in [0.5, 0.6) is 0 Å². The molecule has 1 saturated carbocycles. The van der Waals surface area contributed by atoms with Crippen molar-refractivity contribution < 1.29 is 4.74 Å². The standard InChI is InChI=1S/C15H30N2O/c1-4-14(2)13-17(10-7-11-18-3)15(12-16-14)8-5-6-9-15/h16H,4-13H2,1-3H3. The van der Waals surface area contributed by atoms with Gasteiger partial charge in [-0.1, -0.05) is 19.8 Å². The Morgan fingerprint density at radius 3 is 2.61 bits per heavy atom. The zero-order valence-corrected chi connectivity index (χ0v) is 12.4. The van der Waals surface area contributed by atoms with Crippen LogP contribution in [0.3, 0.4) is 0 Å². The summed E-state index contributed by atoms with van der Waals surface area (Å²) in [6, 6.07) is 0. The Morgan fingerprint density at radius 2 is 2.00 bits per heavy atom. The number of nitrogens with zero attached hydrogens (tertiary/aromatic N) is 1. The van der Waals surface area contributed by atoms with Crippen molar-refractivity contribution in [2.24, 2.45) is 0 Å². The molecule has 3 nitrogen and oxygen atoms in total. The predicted octanol–water partition coefficient (Wildman–Crippen LogP) is 2.41. The third kappa shape index (κ3) is 2.89. The highest BCUT2D eigenvalue weighted by Crippen LogP contribution is 2.38. The molecule has 0 amide bonds. The maximum absolute atomic E-state index is 5.22. The quantitative estimate of drug-likeness (QED) is 0.763. The molecular weight excluding hydrogens is 224 g/mol. The highest BCUT2D eigenvalue weighted by Gasteiger charge is 2.45. The second-order valence-electron chi connectivity index (χ2n) is 6.47. The number of hydrogen-bond donors (Lipinski definition) is 1. The van der Waals surface area contributed by atoms with Crippen molar-refractivity contribution in [3.63, 3.8) is 0 Å². The minimum Gasteiger partial charge on any atom is -0.385 e. The second-order valence-corrected chi connectivity index (χ2v) is 6.47. The summed E-state index contributed by atoms with van der Waals surface area (Å²) in [5, 5.41) is 3.83. The van der Waals surface area contributed by atoms with Crippen molar-refractivity contribution in [3.05, 3.63) is 0 Å². The molecule has 0 radical (unpaired) electrons. The average Bonchev–Trinajstić information content (AvgIpc) is 2.84. The van der Waals surface area contributed by atoms with E-state index in [1.165, 1.54) is 51.7 Å². The molecule has 1 unspecified atom stereocenters. The zero-order valence-electron chi connectivity index (χ0n) is 12.4. The smallest absolute Gasteiger partial charge is 0.0474 e. The van der Waals surface area contributed by atoms with Crippen LogP contribution in [-0.2, 0) is 4.74 Å². The van der Waals surface area contributed by atoms with E-state index in [9.17, 15) is 0 Å². The summed E-state index contributed by atoms with van der Waals surface area (Å²) in [5.41, 5.74) is 0.767. The maximum Gasteiger partial charge on any atom is 0.0474 e. The normalized spacial score (nSPS) is 32.2. The highest BCUT2D eigenvalue weighted by atomic mass is 16.5. The van der Waals surface area contributed by atoms with Gasteiger partial charge in [-0.2, -0.15) is 0 Å². The third-order valence-electron chi connectivity index (χ3n) is 5.15. The average molecular weight is 254 g/mol. The first-order chi connectivity index (χ1) is 8.64. The lowest BCUT2D eigenvalue weighted by Gasteiger charge is -2.52. The van der Waals surface area contributed by atoms with E-state index in [1.807, 2.05) is 0 Å². The van der Waals surface area contributed by atoms with Gasteiger partial charge in [-0.25, -0.2) is 0 Å². The van der Waals surface area contributed by atoms with Gasteiger partial charge in [-0.15, -0.1) is 0 Å². The summed E-state index contributed by atoms with van der Waals surface area (Å²) in [7, 11) is 1.80. The van der Waals surface area contributed by atoms with E-state index in [4.69, 9.17) is 4.74 Å². The summed E-state index contributed by atoms with van der Waals surface area (Å²) >= 11 is 0. The van der Waals surface area contributed by atoms with Gasteiger partial charge in [0.2, 0.25) is 0 Å². The van der Waals surface area contributed by atoms with Gasteiger partial charge in [0.25, 0.3) is 0 Å². The number of hydrogen-bond acceptors (Lipinski definition) is 3. The third-order valence-corrected chi connectivity index (χ3v) is 5.15. The molecule has 1 aliphatic carbocycles. The number of piperazine rings is 1. The molecular formula is C15H30N2O. The molecule has 1 saturated heterocycles. The van der Waals surface area contributed by atoms with Gasteiger partial charge in [0, 0.05) is 44.4 Å². The van der Waals surface area contributed by atoms with Crippen LogP contribution in [0.1, 0.15) is 52.4 Å². The molecule has 0 aromatic carbocycles. The first-order valence-corrected chi connectivity index (χ1v) is 7.63. The first-order valence-electron chi connectivity index (χ1n) is 7.63. The van der Waals surface area contributed by atoms with E-state index >= 15 is 0 Å². The fourth-order valence-corrected chi connectivity index (χ4v) is 3.61. The molecule has 106 valence electrons. The van der Waals surface area contributed by atoms with Gasteiger partial charge < -0.3 is 10.1 Å². The van der Waals surface area contributed by atoms with Gasteiger partial charge in [-0.05, 0) is 32.6 Å². The lowest BCUT2D eigenvalue weighted by atomic mass is 9.85. The monoisotopic (exact) mass is 254 g/mol. The van der Waals surface area contributed by atoms with Crippen LogP contribution in [0.15, 0.2) is 0 Å². The van der Waals surface area contributed by atoms with Crippen molar-refractivity contribution >= 4 is 0 Å². The van der Waals surface area contributed by atoms with Gasteiger partial charge in [0.15, 0.2) is 0 Å². The SMILES string of the molecule is CCC1(C)CN(CCCOC)C2(CCCC2)CN1. The summed E-state index contributed by atoms with van der Waals surface area (Å²) in [5.74, 6) is 0. The summed E-state index contributed by atoms with van der Waals surface area (Å²) in [6.07, 6.45) is 7.96. The van der Waals surface area contributed by atoms with Crippen LogP contribution < -0.4 is 5.32 Å². The van der Waals surface area contributed by atoms with Crippen LogP contribution in [0.25, 0.3) is 0 Å². The Balaban J connectivity index is 2.01. The molecule has 0 aromatic heterocycles. The Kier molecular flexibility index (Phi) is 4.68. The molecule has 1 N–H and O–H groups in total. The molecule has 2 aliphatic rings. The molecule has 0 aromatic rings. The molecule has 2 fully saturated rings. The fourth-order valence-electron chi connectivity index (χ4n) is 3.61. The molecule has 1 aliphatic heterocycles. The summed E-state index contributed by atoms with van der Waals surface area (Å²) < 4.78 is 5.22. The van der Waals surface area contributed by atoms with Gasteiger partial charge in [0.1, 0.15) is 0 Å². The largest absolute Gasteiger partial charge is 0.385 e. The number of methoxy groups -OCH3 is 1. The molecule has 1 atom stereocenters. The van der Waals surface area contributed by atoms with E-state index in [-0.39, 0.29) is 0 Å².